The van der Waals surface area contributed by atoms with Crippen LogP contribution in [-0.4, -0.2) is 41.8 Å². The van der Waals surface area contributed by atoms with Gasteiger partial charge in [-0.25, -0.2) is 4.79 Å². The van der Waals surface area contributed by atoms with Crippen LogP contribution in [0.25, 0.3) is 10.4 Å². The zero-order valence-corrected chi connectivity index (χ0v) is 15.1. The fourth-order valence-corrected chi connectivity index (χ4v) is 2.75. The number of likely N-dealkylation sites (tertiary alicyclic amines) is 1. The van der Waals surface area contributed by atoms with Gasteiger partial charge >= 0.3 is 6.09 Å². The van der Waals surface area contributed by atoms with Crippen LogP contribution in [0.3, 0.4) is 0 Å². The lowest BCUT2D eigenvalue weighted by atomic mass is 10.1. The maximum atomic E-state index is 12.3. The van der Waals surface area contributed by atoms with E-state index in [4.69, 9.17) is 15.0 Å². The molecule has 1 fully saturated rings. The fraction of sp³-hybridized carbons (Fsp3) is 0.611. The quantitative estimate of drug-likeness (QED) is 0.463. The zero-order valence-electron chi connectivity index (χ0n) is 15.1. The number of hydrogen-bond acceptors (Lipinski definition) is 4. The number of carbonyl (C=O) groups is 1. The minimum absolute atomic E-state index is 0.219. The van der Waals surface area contributed by atoms with Crippen LogP contribution < -0.4 is 0 Å². The van der Waals surface area contributed by atoms with Gasteiger partial charge in [-0.1, -0.05) is 35.4 Å². The largest absolute Gasteiger partial charge is 0.444 e. The average Bonchev–Trinajstić information content (AvgIpc) is 2.75. The molecule has 1 heterocycles. The van der Waals surface area contributed by atoms with E-state index in [0.717, 1.165) is 18.4 Å². The van der Waals surface area contributed by atoms with Gasteiger partial charge in [0.1, 0.15) is 5.60 Å². The Morgan fingerprint density at radius 1 is 1.36 bits per heavy atom. The predicted octanol–water partition coefficient (Wildman–Crippen LogP) is 4.28. The highest BCUT2D eigenvalue weighted by molar-refractivity contribution is 5.68. The summed E-state index contributed by atoms with van der Waals surface area (Å²) in [6, 6.07) is 9.43. The highest BCUT2D eigenvalue weighted by Gasteiger charge is 2.31. The number of hydrogen-bond donors (Lipinski definition) is 0. The summed E-state index contributed by atoms with van der Waals surface area (Å²) in [6.07, 6.45) is 0.907. The molecule has 1 aromatic rings. The van der Waals surface area contributed by atoms with Gasteiger partial charge in [0.05, 0.1) is 18.8 Å². The fourth-order valence-electron chi connectivity index (χ4n) is 2.75. The van der Waals surface area contributed by atoms with Crippen molar-refractivity contribution in [1.82, 2.24) is 4.90 Å². The molecular weight excluding hydrogens is 320 g/mol. The van der Waals surface area contributed by atoms with Crippen LogP contribution in [0.4, 0.5) is 4.79 Å². The lowest BCUT2D eigenvalue weighted by molar-refractivity contribution is 0.0114. The van der Waals surface area contributed by atoms with Gasteiger partial charge in [-0.15, -0.1) is 0 Å². The molecule has 0 aromatic heterocycles. The molecule has 1 saturated heterocycles. The second-order valence-corrected chi connectivity index (χ2v) is 7.18. The molecule has 0 bridgehead atoms. The molecule has 2 rings (SSSR count). The molecule has 0 spiro atoms. The van der Waals surface area contributed by atoms with Crippen molar-refractivity contribution in [1.29, 1.82) is 0 Å². The first kappa shape index (κ1) is 19.1. The molecule has 1 aliphatic rings. The van der Waals surface area contributed by atoms with E-state index in [1.54, 1.807) is 4.90 Å². The summed E-state index contributed by atoms with van der Waals surface area (Å²) in [5.41, 5.74) is 9.40. The van der Waals surface area contributed by atoms with E-state index < -0.39 is 11.6 Å². The van der Waals surface area contributed by atoms with Crippen molar-refractivity contribution in [2.45, 2.75) is 58.0 Å². The predicted molar refractivity (Wildman–Crippen MR) is 95.0 cm³/mol. The first-order valence-electron chi connectivity index (χ1n) is 8.57. The summed E-state index contributed by atoms with van der Waals surface area (Å²) in [5, 5.41) is 3.87. The summed E-state index contributed by atoms with van der Waals surface area (Å²) in [7, 11) is 0. The Kier molecular flexibility index (Phi) is 6.67. The van der Waals surface area contributed by atoms with E-state index >= 15 is 0 Å². The van der Waals surface area contributed by atoms with Gasteiger partial charge in [-0.3, -0.25) is 0 Å². The average molecular weight is 346 g/mol. The standard InChI is InChI=1S/C18H26N4O3/c1-18(2,3)25-17(23)22-11-7-10-16(15(12-22)20-21-19)24-13-14-8-5-4-6-9-14/h4-6,8-9,15-16H,7,10-13H2,1-3H3/t15-,16-/m0/s1. The second kappa shape index (κ2) is 8.74. The number of benzene rings is 1. The summed E-state index contributed by atoms with van der Waals surface area (Å²) in [6.45, 7) is 6.82. The molecule has 136 valence electrons. The number of azide groups is 1. The monoisotopic (exact) mass is 346 g/mol. The van der Waals surface area contributed by atoms with Gasteiger partial charge in [0.2, 0.25) is 0 Å². The van der Waals surface area contributed by atoms with Gasteiger partial charge < -0.3 is 14.4 Å². The van der Waals surface area contributed by atoms with Gasteiger partial charge in [-0.05, 0) is 44.7 Å². The Balaban J connectivity index is 2.02. The van der Waals surface area contributed by atoms with Crippen LogP contribution in [0.2, 0.25) is 0 Å². The van der Waals surface area contributed by atoms with E-state index in [0.29, 0.717) is 19.7 Å². The number of rotatable bonds is 4. The van der Waals surface area contributed by atoms with Crippen molar-refractivity contribution < 1.29 is 14.3 Å². The lowest BCUT2D eigenvalue weighted by Gasteiger charge is -2.28. The van der Waals surface area contributed by atoms with Gasteiger partial charge in [-0.2, -0.15) is 0 Å². The number of amides is 1. The SMILES string of the molecule is CC(C)(C)OC(=O)N1CCC[C@H](OCc2ccccc2)[C@@H](N=[N+]=[N-])C1. The van der Waals surface area contributed by atoms with E-state index in [9.17, 15) is 4.79 Å². The minimum Gasteiger partial charge on any atom is -0.444 e. The van der Waals surface area contributed by atoms with E-state index in [1.165, 1.54) is 0 Å². The Labute approximate surface area is 148 Å². The summed E-state index contributed by atoms with van der Waals surface area (Å²) in [5.74, 6) is 0. The number of carbonyl (C=O) groups excluding carboxylic acids is 1. The van der Waals surface area contributed by atoms with E-state index in [-0.39, 0.29) is 12.2 Å². The normalized spacial score (nSPS) is 21.2. The third kappa shape index (κ3) is 6.29. The molecule has 0 N–H and O–H groups in total. The molecule has 1 aromatic carbocycles. The Bertz CT molecular complexity index is 608. The van der Waals surface area contributed by atoms with Crippen molar-refractivity contribution in [3.8, 4) is 0 Å². The lowest BCUT2D eigenvalue weighted by Crippen LogP contribution is -2.42. The van der Waals surface area contributed by atoms with Gasteiger partial charge in [0, 0.05) is 18.0 Å². The first-order chi connectivity index (χ1) is 11.9. The maximum Gasteiger partial charge on any atom is 0.410 e. The minimum atomic E-state index is -0.555. The molecule has 0 aliphatic carbocycles. The smallest absolute Gasteiger partial charge is 0.410 e. The Morgan fingerprint density at radius 3 is 2.72 bits per heavy atom. The van der Waals surface area contributed by atoms with Crippen LogP contribution in [0.5, 0.6) is 0 Å². The molecule has 2 atom stereocenters. The molecule has 25 heavy (non-hydrogen) atoms. The van der Waals surface area contributed by atoms with Crippen molar-refractivity contribution >= 4 is 6.09 Å². The summed E-state index contributed by atoms with van der Waals surface area (Å²) in [4.78, 5) is 16.9. The molecule has 1 amide bonds. The van der Waals surface area contributed by atoms with E-state index in [1.807, 2.05) is 51.1 Å². The van der Waals surface area contributed by atoms with Gasteiger partial charge in [0.15, 0.2) is 0 Å². The van der Waals surface area contributed by atoms with E-state index in [2.05, 4.69) is 10.0 Å². The van der Waals surface area contributed by atoms with Crippen LogP contribution >= 0.6 is 0 Å². The summed E-state index contributed by atoms with van der Waals surface area (Å²) >= 11 is 0. The van der Waals surface area contributed by atoms with Crippen LogP contribution in [0, 0.1) is 0 Å². The molecule has 0 unspecified atom stereocenters. The zero-order chi connectivity index (χ0) is 18.3. The number of nitrogens with zero attached hydrogens (tertiary/aromatic N) is 4. The molecule has 0 radical (unpaired) electrons. The summed E-state index contributed by atoms with van der Waals surface area (Å²) < 4.78 is 11.4. The highest BCUT2D eigenvalue weighted by Crippen LogP contribution is 2.21. The van der Waals surface area contributed by atoms with Crippen LogP contribution in [0.15, 0.2) is 35.4 Å². The molecule has 1 aliphatic heterocycles. The third-order valence-corrected chi connectivity index (χ3v) is 3.91. The van der Waals surface area contributed by atoms with Crippen molar-refractivity contribution in [3.63, 3.8) is 0 Å². The van der Waals surface area contributed by atoms with Crippen molar-refractivity contribution in [2.24, 2.45) is 5.11 Å². The Hall–Kier alpha value is -2.24. The molecule has 0 saturated carbocycles. The maximum absolute atomic E-state index is 12.3. The van der Waals surface area contributed by atoms with Crippen molar-refractivity contribution in [3.05, 3.63) is 46.3 Å². The third-order valence-electron chi connectivity index (χ3n) is 3.91. The second-order valence-electron chi connectivity index (χ2n) is 7.18. The van der Waals surface area contributed by atoms with Crippen molar-refractivity contribution in [2.75, 3.05) is 13.1 Å². The highest BCUT2D eigenvalue weighted by atomic mass is 16.6. The molecular formula is C18H26N4O3. The topological polar surface area (TPSA) is 87.5 Å². The molecule has 7 nitrogen and oxygen atoms in total. The number of ether oxygens (including phenoxy) is 2. The van der Waals surface area contributed by atoms with Crippen LogP contribution in [0.1, 0.15) is 39.2 Å². The molecule has 7 heteroatoms. The Morgan fingerprint density at radius 2 is 2.08 bits per heavy atom. The first-order valence-corrected chi connectivity index (χ1v) is 8.57. The van der Waals surface area contributed by atoms with Gasteiger partial charge in [0.25, 0.3) is 0 Å². The van der Waals surface area contributed by atoms with Crippen LogP contribution in [-0.2, 0) is 16.1 Å².